The number of Topliss-reactive ketones (excluding diaryl/α,β-unsaturated/α-hetero) is 1. The molecule has 0 aliphatic rings. The topological polar surface area (TPSA) is 20.3 Å². The van der Waals surface area contributed by atoms with Crippen molar-refractivity contribution in [2.75, 3.05) is 25.6 Å². The van der Waals surface area contributed by atoms with Gasteiger partial charge in [-0.2, -0.15) is 11.8 Å². The Morgan fingerprint density at radius 3 is 2.82 bits per heavy atom. The highest BCUT2D eigenvalue weighted by molar-refractivity contribution is 9.10. The second kappa shape index (κ2) is 7.56. The first-order chi connectivity index (χ1) is 8.10. The van der Waals surface area contributed by atoms with E-state index in [2.05, 4.69) is 34.0 Å². The number of carbonyl (C=O) groups is 1. The summed E-state index contributed by atoms with van der Waals surface area (Å²) in [6.07, 6.45) is 3.18. The molecule has 17 heavy (non-hydrogen) atoms. The van der Waals surface area contributed by atoms with Gasteiger partial charge in [0.05, 0.1) is 11.4 Å². The standard InChI is InChI=1S/C12H18BrNOS2/c1-4-9(8-16-3)14(2)7-11(15)12-10(13)5-6-17-12/h5-6,9H,4,7-8H2,1-3H3. The zero-order valence-electron chi connectivity index (χ0n) is 10.4. The molecule has 0 fully saturated rings. The molecule has 1 aromatic rings. The molecule has 0 amide bonds. The Labute approximate surface area is 120 Å². The molecule has 0 spiro atoms. The number of nitrogens with zero attached hydrogens (tertiary/aromatic N) is 1. The van der Waals surface area contributed by atoms with Gasteiger partial charge in [-0.3, -0.25) is 9.69 Å². The van der Waals surface area contributed by atoms with E-state index in [-0.39, 0.29) is 5.78 Å². The fourth-order valence-corrected chi connectivity index (χ4v) is 4.07. The fraction of sp³-hybridized carbons (Fsp3) is 0.583. The van der Waals surface area contributed by atoms with Crippen LogP contribution in [-0.2, 0) is 0 Å². The summed E-state index contributed by atoms with van der Waals surface area (Å²) in [5, 5.41) is 1.94. The Bertz CT molecular complexity index is 367. The predicted octanol–water partition coefficient (Wildman–Crippen LogP) is 3.77. The lowest BCUT2D eigenvalue weighted by atomic mass is 10.2. The Morgan fingerprint density at radius 2 is 2.35 bits per heavy atom. The lowest BCUT2D eigenvalue weighted by molar-refractivity contribution is 0.0928. The average molecular weight is 336 g/mol. The van der Waals surface area contributed by atoms with Crippen molar-refractivity contribution in [2.24, 2.45) is 0 Å². The maximum atomic E-state index is 12.1. The molecule has 96 valence electrons. The Morgan fingerprint density at radius 1 is 1.65 bits per heavy atom. The van der Waals surface area contributed by atoms with Crippen molar-refractivity contribution in [3.63, 3.8) is 0 Å². The highest BCUT2D eigenvalue weighted by atomic mass is 79.9. The fourth-order valence-electron chi connectivity index (χ4n) is 1.67. The van der Waals surface area contributed by atoms with E-state index in [0.29, 0.717) is 12.6 Å². The van der Waals surface area contributed by atoms with E-state index in [0.717, 1.165) is 21.5 Å². The van der Waals surface area contributed by atoms with Crippen LogP contribution in [0.25, 0.3) is 0 Å². The van der Waals surface area contributed by atoms with Gasteiger partial charge in [0, 0.05) is 16.3 Å². The summed E-state index contributed by atoms with van der Waals surface area (Å²) in [6.45, 7) is 2.67. The van der Waals surface area contributed by atoms with E-state index in [9.17, 15) is 4.79 Å². The summed E-state index contributed by atoms with van der Waals surface area (Å²) in [6, 6.07) is 2.41. The van der Waals surface area contributed by atoms with Crippen molar-refractivity contribution in [3.05, 3.63) is 20.8 Å². The zero-order valence-corrected chi connectivity index (χ0v) is 13.6. The maximum Gasteiger partial charge on any atom is 0.187 e. The van der Waals surface area contributed by atoms with Gasteiger partial charge in [-0.1, -0.05) is 6.92 Å². The molecule has 0 radical (unpaired) electrons. The van der Waals surface area contributed by atoms with Crippen molar-refractivity contribution in [2.45, 2.75) is 19.4 Å². The van der Waals surface area contributed by atoms with Crippen LogP contribution in [0.4, 0.5) is 0 Å². The van der Waals surface area contributed by atoms with Crippen LogP contribution < -0.4 is 0 Å². The predicted molar refractivity (Wildman–Crippen MR) is 81.4 cm³/mol. The van der Waals surface area contributed by atoms with Crippen LogP contribution in [-0.4, -0.2) is 42.3 Å². The zero-order chi connectivity index (χ0) is 12.8. The largest absolute Gasteiger partial charge is 0.295 e. The van der Waals surface area contributed by atoms with E-state index >= 15 is 0 Å². The molecule has 2 nitrogen and oxygen atoms in total. The number of thiophene rings is 1. The van der Waals surface area contributed by atoms with Crippen molar-refractivity contribution in [3.8, 4) is 0 Å². The number of thioether (sulfide) groups is 1. The van der Waals surface area contributed by atoms with Gasteiger partial charge >= 0.3 is 0 Å². The number of halogens is 1. The molecule has 1 atom stereocenters. The van der Waals surface area contributed by atoms with Crippen molar-refractivity contribution >= 4 is 44.8 Å². The highest BCUT2D eigenvalue weighted by Gasteiger charge is 2.18. The Hall–Kier alpha value is 0.160. The van der Waals surface area contributed by atoms with Crippen LogP contribution in [0.2, 0.25) is 0 Å². The van der Waals surface area contributed by atoms with Crippen molar-refractivity contribution < 1.29 is 4.79 Å². The van der Waals surface area contributed by atoms with Crippen LogP contribution in [0.1, 0.15) is 23.0 Å². The first-order valence-electron chi connectivity index (χ1n) is 5.55. The molecule has 0 aliphatic heterocycles. The van der Waals surface area contributed by atoms with E-state index in [1.54, 1.807) is 0 Å². The number of likely N-dealkylation sites (N-methyl/N-ethyl adjacent to an activating group) is 1. The normalized spacial score (nSPS) is 13.0. The summed E-state index contributed by atoms with van der Waals surface area (Å²) in [7, 11) is 2.03. The van der Waals surface area contributed by atoms with Gasteiger partial charge in [-0.25, -0.2) is 0 Å². The number of hydrogen-bond donors (Lipinski definition) is 0. The highest BCUT2D eigenvalue weighted by Crippen LogP contribution is 2.23. The van der Waals surface area contributed by atoms with E-state index < -0.39 is 0 Å². The smallest absolute Gasteiger partial charge is 0.187 e. The number of ketones is 1. The summed E-state index contributed by atoms with van der Waals surface area (Å²) in [5.41, 5.74) is 0. The maximum absolute atomic E-state index is 12.1. The molecule has 1 unspecified atom stereocenters. The number of rotatable bonds is 7. The number of hydrogen-bond acceptors (Lipinski definition) is 4. The minimum Gasteiger partial charge on any atom is -0.295 e. The Kier molecular flexibility index (Phi) is 6.77. The second-order valence-corrected chi connectivity index (χ2v) is 6.63. The van der Waals surface area contributed by atoms with Gasteiger partial charge in [-0.15, -0.1) is 11.3 Å². The molecule has 0 saturated carbocycles. The molecule has 5 heteroatoms. The molecule has 0 aromatic carbocycles. The van der Waals surface area contributed by atoms with Gasteiger partial charge < -0.3 is 0 Å². The van der Waals surface area contributed by atoms with E-state index in [1.165, 1.54) is 11.3 Å². The van der Waals surface area contributed by atoms with E-state index in [4.69, 9.17) is 0 Å². The molecular formula is C12H18BrNOS2. The summed E-state index contributed by atoms with van der Waals surface area (Å²) >= 11 is 6.74. The van der Waals surface area contributed by atoms with Crippen LogP contribution in [0.3, 0.4) is 0 Å². The van der Waals surface area contributed by atoms with Crippen LogP contribution in [0.15, 0.2) is 15.9 Å². The molecule has 1 rings (SSSR count). The SMILES string of the molecule is CCC(CSC)N(C)CC(=O)c1sccc1Br. The minimum absolute atomic E-state index is 0.203. The molecule has 0 bridgehead atoms. The lowest BCUT2D eigenvalue weighted by Crippen LogP contribution is -2.37. The summed E-state index contributed by atoms with van der Waals surface area (Å²) in [5.74, 6) is 1.28. The molecule has 0 aliphatic carbocycles. The van der Waals surface area contributed by atoms with Crippen molar-refractivity contribution in [1.29, 1.82) is 0 Å². The Balaban J connectivity index is 2.59. The van der Waals surface area contributed by atoms with E-state index in [1.807, 2.05) is 30.3 Å². The van der Waals surface area contributed by atoms with Gasteiger partial charge in [0.1, 0.15) is 0 Å². The quantitative estimate of drug-likeness (QED) is 0.707. The summed E-state index contributed by atoms with van der Waals surface area (Å²) < 4.78 is 0.916. The average Bonchev–Trinajstić information content (AvgIpc) is 2.72. The first-order valence-corrected chi connectivity index (χ1v) is 8.62. The second-order valence-electron chi connectivity index (χ2n) is 3.95. The van der Waals surface area contributed by atoms with Gasteiger partial charge in [0.2, 0.25) is 0 Å². The molecular weight excluding hydrogens is 318 g/mol. The minimum atomic E-state index is 0.203. The number of carbonyl (C=O) groups excluding carboxylic acids is 1. The van der Waals surface area contributed by atoms with Crippen LogP contribution in [0.5, 0.6) is 0 Å². The molecule has 0 saturated heterocycles. The van der Waals surface area contributed by atoms with Gasteiger partial charge in [-0.05, 0) is 47.1 Å². The first kappa shape index (κ1) is 15.2. The molecule has 1 heterocycles. The molecule has 0 N–H and O–H groups in total. The third-order valence-electron chi connectivity index (χ3n) is 2.72. The third-order valence-corrected chi connectivity index (χ3v) is 5.31. The van der Waals surface area contributed by atoms with Crippen LogP contribution in [0, 0.1) is 0 Å². The monoisotopic (exact) mass is 335 g/mol. The van der Waals surface area contributed by atoms with Crippen molar-refractivity contribution in [1.82, 2.24) is 4.90 Å². The molecule has 1 aromatic heterocycles. The summed E-state index contributed by atoms with van der Waals surface area (Å²) in [4.78, 5) is 15.1. The van der Waals surface area contributed by atoms with Crippen LogP contribution >= 0.6 is 39.0 Å². The third kappa shape index (κ3) is 4.39. The van der Waals surface area contributed by atoms with Gasteiger partial charge in [0.15, 0.2) is 5.78 Å². The van der Waals surface area contributed by atoms with Gasteiger partial charge in [0.25, 0.3) is 0 Å². The lowest BCUT2D eigenvalue weighted by Gasteiger charge is -2.25.